The van der Waals surface area contributed by atoms with Gasteiger partial charge in [-0.05, 0) is 24.5 Å². The average Bonchev–Trinajstić information content (AvgIpc) is 2.78. The van der Waals surface area contributed by atoms with E-state index < -0.39 is 0 Å². The lowest BCUT2D eigenvalue weighted by atomic mass is 10.1. The molecule has 0 aliphatic carbocycles. The van der Waals surface area contributed by atoms with Crippen LogP contribution in [0.1, 0.15) is 37.8 Å². The van der Waals surface area contributed by atoms with Crippen molar-refractivity contribution >= 4 is 5.96 Å². The average molecular weight is 421 g/mol. The van der Waals surface area contributed by atoms with Crippen LogP contribution in [0.2, 0.25) is 0 Å². The van der Waals surface area contributed by atoms with E-state index in [0.29, 0.717) is 26.4 Å². The molecule has 1 aromatic rings. The highest BCUT2D eigenvalue weighted by Gasteiger charge is 2.10. The zero-order chi connectivity index (χ0) is 21.3. The summed E-state index contributed by atoms with van der Waals surface area (Å²) in [4.78, 5) is 7.12. The number of nitrogens with one attached hydrogen (secondary N) is 2. The van der Waals surface area contributed by atoms with Crippen LogP contribution < -0.4 is 10.6 Å². The van der Waals surface area contributed by atoms with E-state index >= 15 is 0 Å². The Balaban J connectivity index is 1.65. The van der Waals surface area contributed by atoms with Crippen LogP contribution in [0.5, 0.6) is 0 Å². The third-order valence-electron chi connectivity index (χ3n) is 4.85. The van der Waals surface area contributed by atoms with Gasteiger partial charge in [-0.25, -0.2) is 4.99 Å². The minimum atomic E-state index is 0.635. The lowest BCUT2D eigenvalue weighted by molar-refractivity contribution is 0.0342. The molecule has 2 rings (SSSR count). The van der Waals surface area contributed by atoms with Gasteiger partial charge in [0.1, 0.15) is 0 Å². The Hall–Kier alpha value is -1.67. The molecule has 1 saturated heterocycles. The molecule has 0 spiro atoms. The molecule has 0 amide bonds. The van der Waals surface area contributed by atoms with Crippen molar-refractivity contribution in [3.05, 3.63) is 35.4 Å². The number of nitrogens with zero attached hydrogens (tertiary/aromatic N) is 2. The van der Waals surface area contributed by atoms with Crippen LogP contribution in [-0.2, 0) is 27.3 Å². The largest absolute Gasteiger partial charge is 0.379 e. The number of unbranched alkanes of at least 4 members (excludes halogenated alkanes) is 1. The molecule has 0 saturated carbocycles. The first-order valence-electron chi connectivity index (χ1n) is 11.4. The number of morpholine rings is 1. The van der Waals surface area contributed by atoms with E-state index in [2.05, 4.69) is 58.6 Å². The Bertz CT molecular complexity index is 574. The molecular weight excluding hydrogens is 380 g/mol. The standard InChI is InChI=1S/C23H40N4O3/c1-3-5-13-28-17-18-29-14-10-25-23(24-4-2)26-19-21-6-8-22(9-7-21)20-27-11-15-30-16-12-27/h6-9H,3-5,10-20H2,1-2H3,(H2,24,25,26). The number of guanidine groups is 1. The van der Waals surface area contributed by atoms with Crippen molar-refractivity contribution in [2.24, 2.45) is 4.99 Å². The molecule has 1 aromatic carbocycles. The van der Waals surface area contributed by atoms with Crippen LogP contribution in [0.15, 0.2) is 29.3 Å². The van der Waals surface area contributed by atoms with Crippen molar-refractivity contribution < 1.29 is 14.2 Å². The van der Waals surface area contributed by atoms with Gasteiger partial charge in [0, 0.05) is 39.3 Å². The van der Waals surface area contributed by atoms with Gasteiger partial charge in [0.05, 0.1) is 39.6 Å². The second kappa shape index (κ2) is 16.1. The second-order valence-corrected chi connectivity index (χ2v) is 7.41. The van der Waals surface area contributed by atoms with E-state index in [1.165, 1.54) is 11.1 Å². The fourth-order valence-electron chi connectivity index (χ4n) is 3.09. The van der Waals surface area contributed by atoms with Crippen molar-refractivity contribution in [2.45, 2.75) is 39.8 Å². The number of rotatable bonds is 14. The molecule has 0 aromatic heterocycles. The van der Waals surface area contributed by atoms with Gasteiger partial charge < -0.3 is 24.8 Å². The van der Waals surface area contributed by atoms with Gasteiger partial charge in [0.25, 0.3) is 0 Å². The highest BCUT2D eigenvalue weighted by atomic mass is 16.5. The fourth-order valence-corrected chi connectivity index (χ4v) is 3.09. The maximum Gasteiger partial charge on any atom is 0.191 e. The molecular formula is C23H40N4O3. The molecule has 0 radical (unpaired) electrons. The third kappa shape index (κ3) is 10.9. The number of aliphatic imine (C=N–C) groups is 1. The smallest absolute Gasteiger partial charge is 0.191 e. The van der Waals surface area contributed by atoms with Crippen molar-refractivity contribution in [1.82, 2.24) is 15.5 Å². The summed E-state index contributed by atoms with van der Waals surface area (Å²) in [5.41, 5.74) is 2.55. The fraction of sp³-hybridized carbons (Fsp3) is 0.696. The summed E-state index contributed by atoms with van der Waals surface area (Å²) in [6, 6.07) is 8.75. The molecule has 1 aliphatic heterocycles. The summed E-state index contributed by atoms with van der Waals surface area (Å²) < 4.78 is 16.5. The maximum absolute atomic E-state index is 5.60. The van der Waals surface area contributed by atoms with Gasteiger partial charge in [-0.1, -0.05) is 37.6 Å². The quantitative estimate of drug-likeness (QED) is 0.274. The number of hydrogen-bond acceptors (Lipinski definition) is 5. The Morgan fingerprint density at radius 3 is 2.37 bits per heavy atom. The predicted octanol–water partition coefficient (Wildman–Crippen LogP) is 2.41. The Morgan fingerprint density at radius 1 is 0.967 bits per heavy atom. The summed E-state index contributed by atoms with van der Waals surface area (Å²) >= 11 is 0. The summed E-state index contributed by atoms with van der Waals surface area (Å²) in [6.45, 7) is 13.9. The maximum atomic E-state index is 5.60. The van der Waals surface area contributed by atoms with Gasteiger partial charge in [-0.3, -0.25) is 4.90 Å². The second-order valence-electron chi connectivity index (χ2n) is 7.41. The van der Waals surface area contributed by atoms with Crippen molar-refractivity contribution in [3.8, 4) is 0 Å². The highest BCUT2D eigenvalue weighted by molar-refractivity contribution is 5.79. The van der Waals surface area contributed by atoms with E-state index in [1.807, 2.05) is 0 Å². The number of benzene rings is 1. The van der Waals surface area contributed by atoms with E-state index in [-0.39, 0.29) is 0 Å². The van der Waals surface area contributed by atoms with E-state index in [9.17, 15) is 0 Å². The van der Waals surface area contributed by atoms with Gasteiger partial charge in [-0.2, -0.15) is 0 Å². The van der Waals surface area contributed by atoms with Crippen molar-refractivity contribution in [3.63, 3.8) is 0 Å². The van der Waals surface area contributed by atoms with Crippen LogP contribution >= 0.6 is 0 Å². The zero-order valence-electron chi connectivity index (χ0n) is 18.8. The first-order valence-corrected chi connectivity index (χ1v) is 11.4. The molecule has 0 bridgehead atoms. The molecule has 30 heavy (non-hydrogen) atoms. The first kappa shape index (κ1) is 24.6. The van der Waals surface area contributed by atoms with Crippen molar-refractivity contribution in [1.29, 1.82) is 0 Å². The molecule has 1 heterocycles. The van der Waals surface area contributed by atoms with E-state index in [0.717, 1.165) is 71.3 Å². The number of hydrogen-bond donors (Lipinski definition) is 2. The minimum absolute atomic E-state index is 0.635. The molecule has 1 aliphatic rings. The van der Waals surface area contributed by atoms with Gasteiger partial charge >= 0.3 is 0 Å². The van der Waals surface area contributed by atoms with E-state index in [1.54, 1.807) is 0 Å². The molecule has 0 atom stereocenters. The minimum Gasteiger partial charge on any atom is -0.379 e. The summed E-state index contributed by atoms with van der Waals surface area (Å²) in [6.07, 6.45) is 2.27. The molecule has 1 fully saturated rings. The van der Waals surface area contributed by atoms with Crippen LogP contribution in [0.25, 0.3) is 0 Å². The molecule has 170 valence electrons. The zero-order valence-corrected chi connectivity index (χ0v) is 18.8. The van der Waals surface area contributed by atoms with E-state index in [4.69, 9.17) is 14.2 Å². The molecule has 7 heteroatoms. The summed E-state index contributed by atoms with van der Waals surface area (Å²) in [5, 5.41) is 6.61. The normalized spacial score (nSPS) is 15.3. The SMILES string of the molecule is CCCCOCCOCCNC(=NCc1ccc(CN2CCOCC2)cc1)NCC. The Morgan fingerprint density at radius 2 is 1.67 bits per heavy atom. The van der Waals surface area contributed by atoms with Crippen LogP contribution in [0.3, 0.4) is 0 Å². The summed E-state index contributed by atoms with van der Waals surface area (Å²) in [7, 11) is 0. The summed E-state index contributed by atoms with van der Waals surface area (Å²) in [5.74, 6) is 0.817. The number of ether oxygens (including phenoxy) is 3. The monoisotopic (exact) mass is 420 g/mol. The lowest BCUT2D eigenvalue weighted by Crippen LogP contribution is -2.39. The third-order valence-corrected chi connectivity index (χ3v) is 4.85. The van der Waals surface area contributed by atoms with Crippen LogP contribution in [0, 0.1) is 0 Å². The Kier molecular flexibility index (Phi) is 13.2. The van der Waals surface area contributed by atoms with Gasteiger partial charge in [0.2, 0.25) is 0 Å². The highest BCUT2D eigenvalue weighted by Crippen LogP contribution is 2.10. The van der Waals surface area contributed by atoms with Crippen LogP contribution in [0.4, 0.5) is 0 Å². The van der Waals surface area contributed by atoms with Crippen LogP contribution in [-0.4, -0.2) is 76.7 Å². The molecule has 7 nitrogen and oxygen atoms in total. The predicted molar refractivity (Wildman–Crippen MR) is 122 cm³/mol. The first-order chi connectivity index (χ1) is 14.8. The molecule has 2 N–H and O–H groups in total. The van der Waals surface area contributed by atoms with Gasteiger partial charge in [-0.15, -0.1) is 0 Å². The molecule has 0 unspecified atom stereocenters. The van der Waals surface area contributed by atoms with Crippen molar-refractivity contribution in [2.75, 3.05) is 65.8 Å². The topological polar surface area (TPSA) is 67.4 Å². The van der Waals surface area contributed by atoms with Gasteiger partial charge in [0.15, 0.2) is 5.96 Å². The Labute approximate surface area is 182 Å². The lowest BCUT2D eigenvalue weighted by Gasteiger charge is -2.26.